The molecule has 1 aromatic carbocycles. The Morgan fingerprint density at radius 2 is 2.14 bits per heavy atom. The highest BCUT2D eigenvalue weighted by Crippen LogP contribution is 2.25. The van der Waals surface area contributed by atoms with Crippen LogP contribution in [0.25, 0.3) is 0 Å². The third kappa shape index (κ3) is 4.42. The molecule has 0 bridgehead atoms. The van der Waals surface area contributed by atoms with E-state index in [2.05, 4.69) is 45.9 Å². The lowest BCUT2D eigenvalue weighted by molar-refractivity contribution is 0.194. The van der Waals surface area contributed by atoms with Crippen molar-refractivity contribution in [2.24, 2.45) is 5.73 Å². The van der Waals surface area contributed by atoms with Gasteiger partial charge in [0.1, 0.15) is 5.75 Å². The molecule has 5 heteroatoms. The Labute approximate surface area is 136 Å². The zero-order valence-corrected chi connectivity index (χ0v) is 14.8. The minimum Gasteiger partial charge on any atom is -0.496 e. The Hall–Kier alpha value is -0.620. The molecular weight excluding hydrogens is 330 g/mol. The fraction of sp³-hybridized carbons (Fsp3) is 0.625. The number of ether oxygens (including phenoxy) is 1. The van der Waals surface area contributed by atoms with Crippen LogP contribution in [0.4, 0.5) is 0 Å². The Morgan fingerprint density at radius 3 is 2.86 bits per heavy atom. The summed E-state index contributed by atoms with van der Waals surface area (Å²) in [5.41, 5.74) is 7.70. The van der Waals surface area contributed by atoms with Crippen LogP contribution in [-0.2, 0) is 6.42 Å². The van der Waals surface area contributed by atoms with E-state index in [1.807, 2.05) is 12.1 Å². The minimum absolute atomic E-state index is 0.0961. The largest absolute Gasteiger partial charge is 0.496 e. The first-order valence-electron chi connectivity index (χ1n) is 7.48. The van der Waals surface area contributed by atoms with Gasteiger partial charge in [-0.05, 0) is 63.8 Å². The van der Waals surface area contributed by atoms with Crippen molar-refractivity contribution in [2.45, 2.75) is 24.9 Å². The van der Waals surface area contributed by atoms with Gasteiger partial charge in [-0.15, -0.1) is 0 Å². The average molecular weight is 356 g/mol. The smallest absolute Gasteiger partial charge is 0.122 e. The van der Waals surface area contributed by atoms with Crippen molar-refractivity contribution in [1.82, 2.24) is 9.80 Å². The lowest BCUT2D eigenvalue weighted by atomic mass is 9.98. The van der Waals surface area contributed by atoms with E-state index in [1.165, 1.54) is 12.0 Å². The maximum absolute atomic E-state index is 6.54. The van der Waals surface area contributed by atoms with Gasteiger partial charge >= 0.3 is 0 Å². The van der Waals surface area contributed by atoms with Gasteiger partial charge in [-0.3, -0.25) is 0 Å². The van der Waals surface area contributed by atoms with E-state index in [4.69, 9.17) is 10.5 Å². The van der Waals surface area contributed by atoms with Crippen molar-refractivity contribution >= 4 is 15.9 Å². The van der Waals surface area contributed by atoms with Gasteiger partial charge in [0.05, 0.1) is 7.11 Å². The highest BCUT2D eigenvalue weighted by molar-refractivity contribution is 9.10. The normalized spacial score (nSPS) is 22.8. The third-order valence-electron chi connectivity index (χ3n) is 4.31. The molecule has 2 unspecified atom stereocenters. The number of methoxy groups -OCH3 is 1. The summed E-state index contributed by atoms with van der Waals surface area (Å²) in [7, 11) is 6.07. The van der Waals surface area contributed by atoms with Crippen LogP contribution in [0.5, 0.6) is 5.75 Å². The summed E-state index contributed by atoms with van der Waals surface area (Å²) >= 11 is 3.53. The zero-order chi connectivity index (χ0) is 15.4. The second kappa shape index (κ2) is 7.58. The molecule has 0 saturated carbocycles. The Balaban J connectivity index is 2.12. The number of rotatable bonds is 4. The number of likely N-dealkylation sites (N-methyl/N-ethyl adjacent to an activating group) is 2. The number of benzene rings is 1. The van der Waals surface area contributed by atoms with E-state index in [0.29, 0.717) is 6.04 Å². The number of nitrogens with zero attached hydrogens (tertiary/aromatic N) is 2. The lowest BCUT2D eigenvalue weighted by Gasteiger charge is -2.32. The highest BCUT2D eigenvalue weighted by Gasteiger charge is 2.26. The molecule has 4 nitrogen and oxygen atoms in total. The number of nitrogens with two attached hydrogens (primary N) is 1. The van der Waals surface area contributed by atoms with Crippen LogP contribution < -0.4 is 10.5 Å². The summed E-state index contributed by atoms with van der Waals surface area (Å²) in [6.07, 6.45) is 2.03. The average Bonchev–Trinajstić information content (AvgIpc) is 2.60. The lowest BCUT2D eigenvalue weighted by Crippen LogP contribution is -2.51. The van der Waals surface area contributed by atoms with Crippen LogP contribution in [0.2, 0.25) is 0 Å². The van der Waals surface area contributed by atoms with Crippen molar-refractivity contribution in [3.63, 3.8) is 0 Å². The van der Waals surface area contributed by atoms with Crippen molar-refractivity contribution in [2.75, 3.05) is 40.8 Å². The van der Waals surface area contributed by atoms with Crippen LogP contribution in [-0.4, -0.2) is 62.7 Å². The van der Waals surface area contributed by atoms with Crippen LogP contribution >= 0.6 is 15.9 Å². The maximum Gasteiger partial charge on any atom is 0.122 e. The van der Waals surface area contributed by atoms with E-state index >= 15 is 0 Å². The summed E-state index contributed by atoms with van der Waals surface area (Å²) in [4.78, 5) is 4.78. The Morgan fingerprint density at radius 1 is 1.38 bits per heavy atom. The Kier molecular flexibility index (Phi) is 6.05. The second-order valence-electron chi connectivity index (χ2n) is 5.99. The van der Waals surface area contributed by atoms with Gasteiger partial charge < -0.3 is 20.3 Å². The molecule has 21 heavy (non-hydrogen) atoms. The molecule has 2 rings (SSSR count). The molecule has 1 saturated heterocycles. The molecule has 0 spiro atoms. The van der Waals surface area contributed by atoms with E-state index < -0.39 is 0 Å². The molecule has 0 aromatic heterocycles. The molecule has 0 aliphatic carbocycles. The first kappa shape index (κ1) is 16.7. The minimum atomic E-state index is 0.0961. The molecule has 0 radical (unpaired) electrons. The number of halogens is 1. The van der Waals surface area contributed by atoms with E-state index in [-0.39, 0.29) is 6.04 Å². The van der Waals surface area contributed by atoms with Crippen molar-refractivity contribution in [1.29, 1.82) is 0 Å². The third-order valence-corrected chi connectivity index (χ3v) is 4.80. The molecule has 1 fully saturated rings. The summed E-state index contributed by atoms with van der Waals surface area (Å²) in [6, 6.07) is 6.58. The van der Waals surface area contributed by atoms with Crippen molar-refractivity contribution in [3.05, 3.63) is 28.2 Å². The molecule has 118 valence electrons. The Bertz CT molecular complexity index is 469. The number of hydrogen-bond donors (Lipinski definition) is 1. The molecule has 1 aromatic rings. The molecule has 1 heterocycles. The van der Waals surface area contributed by atoms with E-state index in [9.17, 15) is 0 Å². The van der Waals surface area contributed by atoms with Gasteiger partial charge in [0, 0.05) is 23.1 Å². The second-order valence-corrected chi connectivity index (χ2v) is 6.90. The van der Waals surface area contributed by atoms with Crippen LogP contribution in [0, 0.1) is 0 Å². The molecule has 2 N–H and O–H groups in total. The molecule has 1 aliphatic rings. The zero-order valence-electron chi connectivity index (χ0n) is 13.2. The monoisotopic (exact) mass is 355 g/mol. The summed E-state index contributed by atoms with van der Waals surface area (Å²) < 4.78 is 6.53. The van der Waals surface area contributed by atoms with Crippen LogP contribution in [0.3, 0.4) is 0 Å². The number of hydrogen-bond acceptors (Lipinski definition) is 4. The first-order chi connectivity index (χ1) is 10.0. The fourth-order valence-electron chi connectivity index (χ4n) is 3.06. The van der Waals surface area contributed by atoms with Gasteiger partial charge in [-0.1, -0.05) is 15.9 Å². The summed E-state index contributed by atoms with van der Waals surface area (Å²) in [5.74, 6) is 0.915. The van der Waals surface area contributed by atoms with Gasteiger partial charge in [0.15, 0.2) is 0 Å². The van der Waals surface area contributed by atoms with E-state index in [0.717, 1.165) is 36.3 Å². The quantitative estimate of drug-likeness (QED) is 0.896. The highest BCUT2D eigenvalue weighted by atomic mass is 79.9. The van der Waals surface area contributed by atoms with Gasteiger partial charge in [0.25, 0.3) is 0 Å². The maximum atomic E-state index is 6.54. The van der Waals surface area contributed by atoms with Crippen molar-refractivity contribution < 1.29 is 4.74 Å². The van der Waals surface area contributed by atoms with Crippen LogP contribution in [0.1, 0.15) is 12.0 Å². The molecule has 0 amide bonds. The molecule has 2 atom stereocenters. The van der Waals surface area contributed by atoms with Gasteiger partial charge in [-0.2, -0.15) is 0 Å². The topological polar surface area (TPSA) is 41.7 Å². The molecular formula is C16H26BrN3O. The van der Waals surface area contributed by atoms with Crippen molar-refractivity contribution in [3.8, 4) is 5.75 Å². The standard InChI is InChI=1S/C16H26BrN3O/c1-19-7-4-8-20(2)15(11-19)14(18)10-12-9-13(17)5-6-16(12)21-3/h5-6,9,14-15H,4,7-8,10-11,18H2,1-3H3. The predicted octanol–water partition coefficient (Wildman–Crippen LogP) is 1.96. The van der Waals surface area contributed by atoms with Crippen LogP contribution in [0.15, 0.2) is 22.7 Å². The molecule has 1 aliphatic heterocycles. The fourth-order valence-corrected chi connectivity index (χ4v) is 3.47. The van der Waals surface area contributed by atoms with E-state index in [1.54, 1.807) is 7.11 Å². The van der Waals surface area contributed by atoms with Gasteiger partial charge in [0.2, 0.25) is 0 Å². The summed E-state index contributed by atoms with van der Waals surface area (Å²) in [5, 5.41) is 0. The van der Waals surface area contributed by atoms with Gasteiger partial charge in [-0.25, -0.2) is 0 Å². The summed E-state index contributed by atoms with van der Waals surface area (Å²) in [6.45, 7) is 3.28. The SMILES string of the molecule is COc1ccc(Br)cc1CC(N)C1CN(C)CCCN1C. The predicted molar refractivity (Wildman–Crippen MR) is 90.9 cm³/mol. The first-order valence-corrected chi connectivity index (χ1v) is 8.27.